The second-order valence-electron chi connectivity index (χ2n) is 8.45. The molecule has 1 amide bonds. The first kappa shape index (κ1) is 25.1. The van der Waals surface area contributed by atoms with Crippen LogP contribution in [-0.4, -0.2) is 29.5 Å². The van der Waals surface area contributed by atoms with Gasteiger partial charge in [0.05, 0.1) is 25.5 Å². The Bertz CT molecular complexity index is 1360. The Morgan fingerprint density at radius 3 is 2.44 bits per heavy atom. The van der Waals surface area contributed by atoms with Crippen molar-refractivity contribution in [2.45, 2.75) is 32.0 Å². The summed E-state index contributed by atoms with van der Waals surface area (Å²) in [4.78, 5) is 17.6. The minimum Gasteiger partial charge on any atom is -0.497 e. The summed E-state index contributed by atoms with van der Waals surface area (Å²) in [5, 5.41) is 2.76. The van der Waals surface area contributed by atoms with E-state index in [0.717, 1.165) is 34.6 Å². The van der Waals surface area contributed by atoms with Crippen LogP contribution in [0.1, 0.15) is 40.3 Å². The maximum atomic E-state index is 13.1. The normalized spacial score (nSPS) is 12.4. The van der Waals surface area contributed by atoms with E-state index in [1.165, 1.54) is 6.07 Å². The first-order valence-corrected chi connectivity index (χ1v) is 11.3. The smallest absolute Gasteiger partial charge is 0.416 e. The van der Waals surface area contributed by atoms with Gasteiger partial charge in [0.1, 0.15) is 17.1 Å². The van der Waals surface area contributed by atoms with E-state index in [4.69, 9.17) is 9.47 Å². The molecule has 9 heteroatoms. The number of carbonyl (C=O) groups excluding carboxylic acids is 1. The van der Waals surface area contributed by atoms with Crippen LogP contribution in [-0.2, 0) is 17.5 Å². The molecule has 188 valence electrons. The number of benzene rings is 2. The minimum absolute atomic E-state index is 0.0246. The van der Waals surface area contributed by atoms with E-state index in [2.05, 4.69) is 10.3 Å². The lowest BCUT2D eigenvalue weighted by Gasteiger charge is -2.19. The van der Waals surface area contributed by atoms with Crippen molar-refractivity contribution in [1.29, 1.82) is 0 Å². The third-order valence-corrected chi connectivity index (χ3v) is 6.03. The van der Waals surface area contributed by atoms with Crippen molar-refractivity contribution in [1.82, 2.24) is 14.7 Å². The predicted molar refractivity (Wildman–Crippen MR) is 129 cm³/mol. The highest BCUT2D eigenvalue weighted by atomic mass is 19.4. The molecular weight excluding hydrogens is 471 g/mol. The number of ether oxygens (including phenoxy) is 2. The molecule has 1 unspecified atom stereocenters. The van der Waals surface area contributed by atoms with Crippen LogP contribution >= 0.6 is 0 Å². The number of hydrogen-bond donors (Lipinski definition) is 1. The number of aryl methyl sites for hydroxylation is 1. The molecule has 1 N–H and O–H groups in total. The quantitative estimate of drug-likeness (QED) is 0.348. The molecule has 4 rings (SSSR count). The van der Waals surface area contributed by atoms with Gasteiger partial charge in [-0.3, -0.25) is 4.79 Å². The Hall–Kier alpha value is -4.01. The number of halogens is 3. The maximum absolute atomic E-state index is 13.1. The van der Waals surface area contributed by atoms with Gasteiger partial charge in [0.25, 0.3) is 0 Å². The second kappa shape index (κ2) is 10.3. The molecule has 0 aliphatic heterocycles. The molecule has 2 aromatic carbocycles. The van der Waals surface area contributed by atoms with Gasteiger partial charge < -0.3 is 19.2 Å². The van der Waals surface area contributed by atoms with E-state index >= 15 is 0 Å². The summed E-state index contributed by atoms with van der Waals surface area (Å²) < 4.78 is 51.9. The molecule has 0 fully saturated rings. The number of amides is 1. The molecule has 0 aliphatic rings. The lowest BCUT2D eigenvalue weighted by atomic mass is 9.91. The molecular formula is C27H26F3N3O3. The Labute approximate surface area is 206 Å². The zero-order chi connectivity index (χ0) is 25.9. The van der Waals surface area contributed by atoms with Crippen molar-refractivity contribution in [2.75, 3.05) is 14.2 Å². The highest BCUT2D eigenvalue weighted by Gasteiger charge is 2.30. The van der Waals surface area contributed by atoms with E-state index in [0.29, 0.717) is 17.1 Å². The summed E-state index contributed by atoms with van der Waals surface area (Å²) >= 11 is 0. The number of nitrogens with zero attached hydrogens (tertiary/aromatic N) is 2. The second-order valence-corrected chi connectivity index (χ2v) is 8.45. The fourth-order valence-corrected chi connectivity index (χ4v) is 4.17. The summed E-state index contributed by atoms with van der Waals surface area (Å²) in [7, 11) is 3.10. The number of carbonyl (C=O) groups is 1. The van der Waals surface area contributed by atoms with Gasteiger partial charge in [-0.25, -0.2) is 4.98 Å². The number of fused-ring (bicyclic) bond motifs is 1. The van der Waals surface area contributed by atoms with E-state index < -0.39 is 17.7 Å². The largest absolute Gasteiger partial charge is 0.497 e. The SMILES string of the molecule is COc1cc(OC)cc(C(CC(=O)NCc2cccc(C(F)(F)F)c2)c2cnc3c(C)cccn23)c1. The molecule has 0 bridgehead atoms. The average Bonchev–Trinajstić information content (AvgIpc) is 3.30. The Morgan fingerprint density at radius 2 is 1.78 bits per heavy atom. The van der Waals surface area contributed by atoms with Gasteiger partial charge in [0.15, 0.2) is 0 Å². The number of nitrogens with one attached hydrogen (secondary N) is 1. The zero-order valence-corrected chi connectivity index (χ0v) is 20.1. The van der Waals surface area contributed by atoms with E-state index in [1.54, 1.807) is 32.5 Å². The molecule has 0 saturated heterocycles. The summed E-state index contributed by atoms with van der Waals surface area (Å²) in [5.74, 6) is 0.404. The van der Waals surface area contributed by atoms with Crippen LogP contribution in [0.5, 0.6) is 11.5 Å². The van der Waals surface area contributed by atoms with Crippen LogP contribution in [0.3, 0.4) is 0 Å². The molecule has 0 aliphatic carbocycles. The molecule has 1 atom stereocenters. The summed E-state index contributed by atoms with van der Waals surface area (Å²) in [6.07, 6.45) is -0.788. The number of rotatable bonds is 8. The van der Waals surface area contributed by atoms with Crippen molar-refractivity contribution < 1.29 is 27.4 Å². The van der Waals surface area contributed by atoms with Crippen molar-refractivity contribution >= 4 is 11.6 Å². The van der Waals surface area contributed by atoms with Gasteiger partial charge in [-0.2, -0.15) is 13.2 Å². The van der Waals surface area contributed by atoms with Crippen LogP contribution in [0.2, 0.25) is 0 Å². The van der Waals surface area contributed by atoms with Crippen molar-refractivity contribution in [2.24, 2.45) is 0 Å². The van der Waals surface area contributed by atoms with Crippen LogP contribution in [0.15, 0.2) is 67.0 Å². The fraction of sp³-hybridized carbons (Fsp3) is 0.259. The molecule has 0 saturated carbocycles. The minimum atomic E-state index is -4.45. The molecule has 2 aromatic heterocycles. The van der Waals surface area contributed by atoms with Crippen LogP contribution in [0.4, 0.5) is 13.2 Å². The Balaban J connectivity index is 1.64. The van der Waals surface area contributed by atoms with E-state index in [9.17, 15) is 18.0 Å². The van der Waals surface area contributed by atoms with E-state index in [-0.39, 0.29) is 18.9 Å². The molecule has 2 heterocycles. The first-order valence-electron chi connectivity index (χ1n) is 11.3. The summed E-state index contributed by atoms with van der Waals surface area (Å²) in [6.45, 7) is 1.93. The van der Waals surface area contributed by atoms with Gasteiger partial charge in [-0.05, 0) is 53.9 Å². The van der Waals surface area contributed by atoms with Gasteiger partial charge in [0.2, 0.25) is 5.91 Å². The molecule has 36 heavy (non-hydrogen) atoms. The van der Waals surface area contributed by atoms with Gasteiger partial charge in [0, 0.05) is 37.3 Å². The fourth-order valence-electron chi connectivity index (χ4n) is 4.17. The monoisotopic (exact) mass is 497 g/mol. The first-order chi connectivity index (χ1) is 17.2. The Kier molecular flexibility index (Phi) is 7.19. The maximum Gasteiger partial charge on any atom is 0.416 e. The van der Waals surface area contributed by atoms with E-state index in [1.807, 2.05) is 41.8 Å². The molecule has 0 spiro atoms. The lowest BCUT2D eigenvalue weighted by molar-refractivity contribution is -0.137. The molecule has 4 aromatic rings. The van der Waals surface area contributed by atoms with Gasteiger partial charge in [-0.1, -0.05) is 18.2 Å². The summed E-state index contributed by atoms with van der Waals surface area (Å²) in [6, 6.07) is 14.2. The van der Waals surface area contributed by atoms with Gasteiger partial charge in [-0.15, -0.1) is 0 Å². The highest BCUT2D eigenvalue weighted by molar-refractivity contribution is 5.77. The Morgan fingerprint density at radius 1 is 1.06 bits per heavy atom. The summed E-state index contributed by atoms with van der Waals surface area (Å²) in [5.41, 5.74) is 2.94. The van der Waals surface area contributed by atoms with Crippen molar-refractivity contribution in [3.63, 3.8) is 0 Å². The third-order valence-electron chi connectivity index (χ3n) is 6.03. The number of hydrogen-bond acceptors (Lipinski definition) is 4. The number of pyridine rings is 1. The number of imidazole rings is 1. The van der Waals surface area contributed by atoms with Gasteiger partial charge >= 0.3 is 6.18 Å². The van der Waals surface area contributed by atoms with Crippen LogP contribution < -0.4 is 14.8 Å². The average molecular weight is 498 g/mol. The number of methoxy groups -OCH3 is 2. The third kappa shape index (κ3) is 5.45. The standard InChI is InChI=1S/C27H26F3N3O3/c1-17-6-5-9-33-24(16-32-26(17)33)23(19-11-21(35-2)13-22(12-19)36-3)14-25(34)31-15-18-7-4-8-20(10-18)27(28,29)30/h4-13,16,23H,14-15H2,1-3H3,(H,31,34). The van der Waals surface area contributed by atoms with Crippen LogP contribution in [0.25, 0.3) is 5.65 Å². The highest BCUT2D eigenvalue weighted by Crippen LogP contribution is 2.34. The van der Waals surface area contributed by atoms with Crippen molar-refractivity contribution in [3.05, 3.63) is 94.9 Å². The van der Waals surface area contributed by atoms with Crippen LogP contribution in [0, 0.1) is 6.92 Å². The lowest BCUT2D eigenvalue weighted by Crippen LogP contribution is -2.25. The van der Waals surface area contributed by atoms with Crippen molar-refractivity contribution in [3.8, 4) is 11.5 Å². The molecule has 0 radical (unpaired) electrons. The number of alkyl halides is 3. The predicted octanol–water partition coefficient (Wildman–Crippen LogP) is 5.52. The molecule has 6 nitrogen and oxygen atoms in total. The number of aromatic nitrogens is 2. The zero-order valence-electron chi connectivity index (χ0n) is 20.1. The topological polar surface area (TPSA) is 64.9 Å².